The van der Waals surface area contributed by atoms with Crippen LogP contribution in [-0.4, -0.2) is 56.6 Å². The predicted octanol–water partition coefficient (Wildman–Crippen LogP) is 5.97. The lowest BCUT2D eigenvalue weighted by atomic mass is 9.92. The van der Waals surface area contributed by atoms with E-state index in [-0.39, 0.29) is 28.6 Å². The van der Waals surface area contributed by atoms with Crippen LogP contribution in [0.2, 0.25) is 5.02 Å². The molecule has 1 fully saturated rings. The fraction of sp³-hybridized carbons (Fsp3) is 0.188. The van der Waals surface area contributed by atoms with Crippen LogP contribution in [-0.2, 0) is 10.0 Å². The first-order chi connectivity index (χ1) is 23.1. The number of aliphatic hydroxyl groups is 1. The molecule has 0 spiro atoms. The van der Waals surface area contributed by atoms with Gasteiger partial charge in [0.25, 0.3) is 0 Å². The zero-order valence-corrected chi connectivity index (χ0v) is 27.0. The van der Waals surface area contributed by atoms with Gasteiger partial charge in [-0.15, -0.1) is 11.3 Å². The largest absolute Gasteiger partial charge is 0.382 e. The maximum absolute atomic E-state index is 14.1. The van der Waals surface area contributed by atoms with Crippen LogP contribution in [0.15, 0.2) is 106 Å². The lowest BCUT2D eigenvalue weighted by Crippen LogP contribution is -2.39. The molecule has 0 radical (unpaired) electrons. The van der Waals surface area contributed by atoms with Crippen LogP contribution >= 0.6 is 22.9 Å². The van der Waals surface area contributed by atoms with Gasteiger partial charge in [0.2, 0.25) is 10.0 Å². The Morgan fingerprint density at radius 1 is 1.04 bits per heavy atom. The second-order valence-corrected chi connectivity index (χ2v) is 14.1. The van der Waals surface area contributed by atoms with Gasteiger partial charge in [-0.3, -0.25) is 9.98 Å². The van der Waals surface area contributed by atoms with Crippen LogP contribution in [0.25, 0.3) is 5.57 Å². The van der Waals surface area contributed by atoms with E-state index in [0.29, 0.717) is 43.6 Å². The lowest BCUT2D eigenvalue weighted by molar-refractivity contribution is 0.0564. The number of aromatic nitrogens is 4. The van der Waals surface area contributed by atoms with Gasteiger partial charge in [0.15, 0.2) is 10.8 Å². The van der Waals surface area contributed by atoms with E-state index < -0.39 is 40.6 Å². The summed E-state index contributed by atoms with van der Waals surface area (Å²) in [5, 5.41) is 17.4. The Labute approximate surface area is 281 Å². The number of hydrogen-bond acceptors (Lipinski definition) is 9. The minimum atomic E-state index is -4.13. The van der Waals surface area contributed by atoms with Crippen molar-refractivity contribution in [3.63, 3.8) is 0 Å². The molecule has 7 rings (SSSR count). The number of halogens is 4. The van der Waals surface area contributed by atoms with Crippen molar-refractivity contribution in [2.24, 2.45) is 4.99 Å². The third kappa shape index (κ3) is 6.15. The van der Waals surface area contributed by atoms with Crippen LogP contribution in [0.5, 0.6) is 0 Å². The molecule has 16 heteroatoms. The number of amidine groups is 1. The highest BCUT2D eigenvalue weighted by molar-refractivity contribution is 7.89. The molecule has 2 N–H and O–H groups in total. The number of aliphatic imine (C=N–C) groups is 1. The van der Waals surface area contributed by atoms with Gasteiger partial charge in [0, 0.05) is 64.8 Å². The van der Waals surface area contributed by atoms with Gasteiger partial charge in [-0.05, 0) is 48.0 Å². The average Bonchev–Trinajstić information content (AvgIpc) is 3.86. The number of thiazole rings is 1. The molecule has 5 heterocycles. The van der Waals surface area contributed by atoms with Crippen molar-refractivity contribution in [3.05, 3.63) is 135 Å². The minimum absolute atomic E-state index is 0.0606. The highest BCUT2D eigenvalue weighted by atomic mass is 35.5. The molecule has 10 nitrogen and oxygen atoms in total. The molecule has 3 atom stereocenters. The highest BCUT2D eigenvalue weighted by Gasteiger charge is 2.42. The molecule has 1 saturated heterocycles. The number of rotatable bonds is 9. The van der Waals surface area contributed by atoms with Gasteiger partial charge in [-0.2, -0.15) is 13.9 Å². The summed E-state index contributed by atoms with van der Waals surface area (Å²) >= 11 is 7.84. The fourth-order valence-corrected chi connectivity index (χ4v) is 8.07. The Hall–Kier alpha value is -4.41. The van der Waals surface area contributed by atoms with E-state index in [0.717, 1.165) is 12.3 Å². The van der Waals surface area contributed by atoms with E-state index in [1.165, 1.54) is 53.9 Å². The highest BCUT2D eigenvalue weighted by Crippen LogP contribution is 2.46. The number of fused-ring (bicyclic) bond motifs is 1. The monoisotopic (exact) mass is 711 g/mol. The third-order valence-electron chi connectivity index (χ3n) is 8.00. The topological polar surface area (TPSA) is 126 Å². The van der Waals surface area contributed by atoms with Crippen LogP contribution in [0.4, 0.5) is 13.2 Å². The molecule has 2 aromatic carbocycles. The normalized spacial score (nSPS) is 18.7. The van der Waals surface area contributed by atoms with Crippen LogP contribution < -0.4 is 4.72 Å². The van der Waals surface area contributed by atoms with Crippen molar-refractivity contribution in [3.8, 4) is 0 Å². The molecule has 1 unspecified atom stereocenters. The zero-order valence-electron chi connectivity index (χ0n) is 24.7. The molecule has 0 saturated carbocycles. The molecule has 0 aliphatic carbocycles. The Bertz CT molecular complexity index is 2140. The van der Waals surface area contributed by atoms with E-state index in [4.69, 9.17) is 16.6 Å². The summed E-state index contributed by atoms with van der Waals surface area (Å²) in [6, 6.07) is 14.7. The van der Waals surface area contributed by atoms with Crippen LogP contribution in [0, 0.1) is 5.82 Å². The van der Waals surface area contributed by atoms with Gasteiger partial charge in [0.05, 0.1) is 16.3 Å². The van der Waals surface area contributed by atoms with Gasteiger partial charge in [-0.25, -0.2) is 27.2 Å². The predicted molar refractivity (Wildman–Crippen MR) is 173 cm³/mol. The molecule has 246 valence electrons. The molecular formula is C32H25ClF3N7O3S2. The van der Waals surface area contributed by atoms with Gasteiger partial charge in [-0.1, -0.05) is 35.9 Å². The smallest absolute Gasteiger partial charge is 0.333 e. The molecule has 2 aliphatic heterocycles. The quantitative estimate of drug-likeness (QED) is 0.193. The van der Waals surface area contributed by atoms with Crippen LogP contribution in [0.3, 0.4) is 0 Å². The Morgan fingerprint density at radius 2 is 1.90 bits per heavy atom. The van der Waals surface area contributed by atoms with E-state index in [1.807, 2.05) is 0 Å². The summed E-state index contributed by atoms with van der Waals surface area (Å²) in [5.74, 6) is -0.141. The summed E-state index contributed by atoms with van der Waals surface area (Å²) in [6.45, 7) is -2.77. The second-order valence-electron chi connectivity index (χ2n) is 11.0. The molecule has 0 amide bonds. The molecule has 5 aromatic rings. The first-order valence-corrected chi connectivity index (χ1v) is 17.3. The number of nitrogens with one attached hydrogen (secondary N) is 1. The van der Waals surface area contributed by atoms with Crippen molar-refractivity contribution < 1.29 is 26.7 Å². The van der Waals surface area contributed by atoms with Crippen LogP contribution in [0.1, 0.15) is 52.6 Å². The van der Waals surface area contributed by atoms with Crippen molar-refractivity contribution in [2.45, 2.75) is 36.1 Å². The van der Waals surface area contributed by atoms with E-state index in [9.17, 15) is 26.7 Å². The molecule has 48 heavy (non-hydrogen) atoms. The number of aliphatic hydroxyl groups excluding tert-OH is 1. The number of benzene rings is 2. The van der Waals surface area contributed by atoms with E-state index in [2.05, 4.69) is 19.8 Å². The van der Waals surface area contributed by atoms with Crippen molar-refractivity contribution >= 4 is 44.4 Å². The van der Waals surface area contributed by atoms with Crippen molar-refractivity contribution in [1.82, 2.24) is 29.4 Å². The van der Waals surface area contributed by atoms with Crippen molar-refractivity contribution in [1.29, 1.82) is 0 Å². The first kappa shape index (κ1) is 32.2. The van der Waals surface area contributed by atoms with Gasteiger partial charge >= 0.3 is 6.55 Å². The summed E-state index contributed by atoms with van der Waals surface area (Å²) in [7, 11) is -4.13. The SMILES string of the molecule is O=S(=O)(N[C@H]1CC2=C(c3ccn(C(F)F)n3)[C@H](c3ccc(F)cc3Cl)N=C(c3nccs3)N2C1)c1cccc(C(O)c2ccccn2)c1. The summed E-state index contributed by atoms with van der Waals surface area (Å²) in [4.78, 5) is 15.3. The molecule has 0 bridgehead atoms. The number of hydrogen-bond donors (Lipinski definition) is 2. The standard InChI is InChI=1S/C32H25ClF3N7O3S2/c33-23-15-19(34)7-8-22(23)28-27(24-9-12-43(40-24)32(35)36)26-16-20(17-42(26)30(39-28)31-38-11-13-47-31)41-48(45,46)21-5-3-4-18(14-21)29(44)25-6-1-2-10-37-25/h1-15,20,28-29,32,41,44H,16-17H2/t20-,28-,29?/m0/s1. The summed E-state index contributed by atoms with van der Waals surface area (Å²) < 4.78 is 72.3. The number of sulfonamides is 1. The fourth-order valence-electron chi connectivity index (χ4n) is 5.88. The zero-order chi connectivity index (χ0) is 33.6. The molecule has 3 aromatic heterocycles. The Kier molecular flexibility index (Phi) is 8.64. The Balaban J connectivity index is 1.28. The maximum atomic E-state index is 14.1. The van der Waals surface area contributed by atoms with Gasteiger partial charge in [0.1, 0.15) is 18.0 Å². The first-order valence-electron chi connectivity index (χ1n) is 14.6. The number of nitrogens with zero attached hydrogens (tertiary/aromatic N) is 6. The molecule has 2 aliphatic rings. The number of alkyl halides is 2. The van der Waals surface area contributed by atoms with E-state index >= 15 is 0 Å². The second kappa shape index (κ2) is 12.9. The maximum Gasteiger partial charge on any atom is 0.333 e. The Morgan fingerprint density at radius 3 is 2.60 bits per heavy atom. The lowest BCUT2D eigenvalue weighted by Gasteiger charge is -2.32. The minimum Gasteiger partial charge on any atom is -0.382 e. The van der Waals surface area contributed by atoms with Gasteiger partial charge < -0.3 is 10.0 Å². The van der Waals surface area contributed by atoms with Crippen molar-refractivity contribution in [2.75, 3.05) is 6.54 Å². The average molecular weight is 712 g/mol. The number of pyridine rings is 1. The van der Waals surface area contributed by atoms with E-state index in [1.54, 1.807) is 40.7 Å². The third-order valence-corrected chi connectivity index (χ3v) is 10.6. The summed E-state index contributed by atoms with van der Waals surface area (Å²) in [5.41, 5.74) is 2.30. The molecular weight excluding hydrogens is 687 g/mol. The summed E-state index contributed by atoms with van der Waals surface area (Å²) in [6.07, 6.45) is 3.27.